The molecule has 36 heavy (non-hydrogen) atoms. The second kappa shape index (κ2) is 8.91. The molecular weight excluding hydrogens is 568 g/mol. The van der Waals surface area contributed by atoms with Crippen LogP contribution >= 0.6 is 38.9 Å². The third kappa shape index (κ3) is 3.83. The van der Waals surface area contributed by atoms with Crippen molar-refractivity contribution in [2.45, 2.75) is 25.3 Å². The molecule has 1 aromatic carbocycles. The van der Waals surface area contributed by atoms with E-state index in [-0.39, 0.29) is 11.6 Å². The number of rotatable bonds is 5. The molecule has 0 unspecified atom stereocenters. The second-order valence-electron chi connectivity index (χ2n) is 8.45. The normalized spacial score (nSPS) is 16.7. The molecule has 6 rings (SSSR count). The average molecular weight is 584 g/mol. The van der Waals surface area contributed by atoms with E-state index >= 15 is 0 Å². The number of fused-ring (bicyclic) bond motifs is 1. The molecule has 1 atom stereocenters. The number of allylic oxidation sites excluding steroid dienone is 1. The van der Waals surface area contributed by atoms with Crippen LogP contribution in [0.3, 0.4) is 0 Å². The van der Waals surface area contributed by atoms with Crippen LogP contribution in [0.2, 0.25) is 5.02 Å². The third-order valence-corrected chi connectivity index (χ3v) is 8.46. The van der Waals surface area contributed by atoms with Crippen LogP contribution in [0.15, 0.2) is 62.5 Å². The molecule has 3 aromatic heterocycles. The molecule has 0 fully saturated rings. The number of benzene rings is 1. The molecule has 0 saturated heterocycles. The number of aromatic nitrogens is 5. The SMILES string of the molecule is O=C(O)c1cc(C2=CN=C([C@@H]3CCc4c(Br)c(-c5cc(Cl)ccc5-n5cnnn5)cc(=O)n43)C2)cs1. The maximum absolute atomic E-state index is 13.5. The Balaban J connectivity index is 1.35. The minimum absolute atomic E-state index is 0.131. The Kier molecular flexibility index (Phi) is 5.70. The lowest BCUT2D eigenvalue weighted by atomic mass is 10.0. The van der Waals surface area contributed by atoms with Gasteiger partial charge in [0.05, 0.1) is 11.7 Å². The van der Waals surface area contributed by atoms with E-state index in [9.17, 15) is 14.7 Å². The molecule has 0 spiro atoms. The van der Waals surface area contributed by atoms with Gasteiger partial charge in [-0.15, -0.1) is 16.4 Å². The van der Waals surface area contributed by atoms with Gasteiger partial charge in [-0.05, 0) is 80.0 Å². The molecular formula is C24H16BrClN6O3S. The molecule has 0 radical (unpaired) electrons. The minimum Gasteiger partial charge on any atom is -0.477 e. The lowest BCUT2D eigenvalue weighted by Gasteiger charge is -2.18. The molecule has 5 heterocycles. The van der Waals surface area contributed by atoms with Crippen molar-refractivity contribution in [2.24, 2.45) is 4.99 Å². The van der Waals surface area contributed by atoms with E-state index in [1.807, 2.05) is 11.4 Å². The van der Waals surface area contributed by atoms with E-state index in [4.69, 9.17) is 11.6 Å². The molecule has 0 bridgehead atoms. The van der Waals surface area contributed by atoms with E-state index in [0.29, 0.717) is 34.0 Å². The number of hydrogen-bond donors (Lipinski definition) is 1. The standard InChI is InChI=1S/C24H16BrClN6O3S/c25-23-16(15-7-14(26)1-2-18(15)31-11-28-29-30-31)8-22(33)32-19(3-4-20(23)32)17-5-12(9-27-17)13-6-21(24(34)35)36-10-13/h1-2,6-11,19H,3-5H2,(H,34,35)/t19-/m0/s1. The van der Waals surface area contributed by atoms with E-state index in [2.05, 4.69) is 36.4 Å². The quantitative estimate of drug-likeness (QED) is 0.352. The van der Waals surface area contributed by atoms with Crippen LogP contribution in [0.25, 0.3) is 22.4 Å². The predicted molar refractivity (Wildman–Crippen MR) is 140 cm³/mol. The molecule has 2 aliphatic rings. The van der Waals surface area contributed by atoms with Crippen molar-refractivity contribution in [1.82, 2.24) is 24.8 Å². The van der Waals surface area contributed by atoms with Crippen LogP contribution in [0.5, 0.6) is 0 Å². The summed E-state index contributed by atoms with van der Waals surface area (Å²) in [6.45, 7) is 0. The molecule has 0 amide bonds. The number of thiophene rings is 1. The van der Waals surface area contributed by atoms with Gasteiger partial charge in [0.25, 0.3) is 5.56 Å². The largest absolute Gasteiger partial charge is 0.477 e. The van der Waals surface area contributed by atoms with Gasteiger partial charge in [0, 0.05) is 50.7 Å². The zero-order valence-electron chi connectivity index (χ0n) is 18.4. The number of hydrogen-bond acceptors (Lipinski definition) is 7. The summed E-state index contributed by atoms with van der Waals surface area (Å²) < 4.78 is 4.16. The van der Waals surface area contributed by atoms with Gasteiger partial charge in [-0.1, -0.05) is 11.6 Å². The summed E-state index contributed by atoms with van der Waals surface area (Å²) in [4.78, 5) is 29.6. The summed E-state index contributed by atoms with van der Waals surface area (Å²) >= 11 is 11.3. The van der Waals surface area contributed by atoms with Crippen LogP contribution in [0.4, 0.5) is 0 Å². The minimum atomic E-state index is -0.939. The summed E-state index contributed by atoms with van der Waals surface area (Å²) in [5.74, 6) is -0.939. The van der Waals surface area contributed by atoms with Gasteiger partial charge in [0.15, 0.2) is 0 Å². The van der Waals surface area contributed by atoms with E-state index in [1.54, 1.807) is 35.0 Å². The number of aliphatic imine (C=N–C) groups is 1. The summed E-state index contributed by atoms with van der Waals surface area (Å²) in [6.07, 6.45) is 5.29. The van der Waals surface area contributed by atoms with Crippen molar-refractivity contribution in [2.75, 3.05) is 0 Å². The highest BCUT2D eigenvalue weighted by Crippen LogP contribution is 2.41. The monoisotopic (exact) mass is 582 g/mol. The Morgan fingerprint density at radius 3 is 2.83 bits per heavy atom. The summed E-state index contributed by atoms with van der Waals surface area (Å²) in [7, 11) is 0. The fourth-order valence-electron chi connectivity index (χ4n) is 4.78. The van der Waals surface area contributed by atoms with Crippen LogP contribution in [-0.2, 0) is 6.42 Å². The highest BCUT2D eigenvalue weighted by Gasteiger charge is 2.32. The summed E-state index contributed by atoms with van der Waals surface area (Å²) in [6, 6.07) is 8.47. The van der Waals surface area contributed by atoms with Gasteiger partial charge >= 0.3 is 5.97 Å². The molecule has 9 nitrogen and oxygen atoms in total. The van der Waals surface area contributed by atoms with Crippen LogP contribution in [0.1, 0.15) is 39.8 Å². The summed E-state index contributed by atoms with van der Waals surface area (Å²) in [5.41, 5.74) is 5.62. The first-order valence-electron chi connectivity index (χ1n) is 11.0. The second-order valence-corrected chi connectivity index (χ2v) is 10.6. The first-order valence-corrected chi connectivity index (χ1v) is 13.0. The fourth-order valence-corrected chi connectivity index (χ4v) is 6.44. The number of carboxylic acids is 1. The molecule has 12 heteroatoms. The number of aromatic carboxylic acids is 1. The Morgan fingerprint density at radius 1 is 1.22 bits per heavy atom. The lowest BCUT2D eigenvalue weighted by molar-refractivity contribution is 0.0702. The molecule has 4 aromatic rings. The Morgan fingerprint density at radius 2 is 2.08 bits per heavy atom. The van der Waals surface area contributed by atoms with Gasteiger partial charge in [-0.2, -0.15) is 4.68 Å². The maximum Gasteiger partial charge on any atom is 0.345 e. The van der Waals surface area contributed by atoms with Crippen molar-refractivity contribution >= 4 is 56.1 Å². The zero-order valence-corrected chi connectivity index (χ0v) is 21.6. The number of tetrazole rings is 1. The number of carboxylic acid groups (broad SMARTS) is 1. The van der Waals surface area contributed by atoms with Crippen molar-refractivity contribution in [3.05, 3.63) is 84.2 Å². The molecule has 1 N–H and O–H groups in total. The van der Waals surface area contributed by atoms with E-state index < -0.39 is 5.97 Å². The van der Waals surface area contributed by atoms with Crippen molar-refractivity contribution in [1.29, 1.82) is 0 Å². The average Bonchev–Trinajstić information content (AvgIpc) is 3.67. The van der Waals surface area contributed by atoms with E-state index in [1.165, 1.54) is 22.3 Å². The molecule has 180 valence electrons. The molecule has 2 aliphatic heterocycles. The first kappa shape index (κ1) is 23.0. The first-order chi connectivity index (χ1) is 17.4. The lowest BCUT2D eigenvalue weighted by Crippen LogP contribution is -2.27. The topological polar surface area (TPSA) is 115 Å². The zero-order chi connectivity index (χ0) is 25.0. The predicted octanol–water partition coefficient (Wildman–Crippen LogP) is 5.04. The third-order valence-electron chi connectivity index (χ3n) is 6.42. The van der Waals surface area contributed by atoms with Crippen LogP contribution in [-0.4, -0.2) is 41.6 Å². The number of halogens is 2. The highest BCUT2D eigenvalue weighted by molar-refractivity contribution is 9.10. The van der Waals surface area contributed by atoms with Crippen LogP contribution in [0, 0.1) is 0 Å². The molecule has 0 aliphatic carbocycles. The summed E-state index contributed by atoms with van der Waals surface area (Å²) in [5, 5.41) is 23.0. The fraction of sp³-hybridized carbons (Fsp3) is 0.167. The van der Waals surface area contributed by atoms with Gasteiger partial charge in [-0.25, -0.2) is 4.79 Å². The molecule has 0 saturated carbocycles. The van der Waals surface area contributed by atoms with Gasteiger partial charge in [0.2, 0.25) is 0 Å². The number of nitrogens with zero attached hydrogens (tertiary/aromatic N) is 6. The van der Waals surface area contributed by atoms with Crippen molar-refractivity contribution in [3.63, 3.8) is 0 Å². The number of carbonyl (C=O) groups is 1. The Labute approximate surface area is 221 Å². The van der Waals surface area contributed by atoms with Crippen molar-refractivity contribution < 1.29 is 9.90 Å². The van der Waals surface area contributed by atoms with Gasteiger partial charge < -0.3 is 9.67 Å². The maximum atomic E-state index is 13.5. The van der Waals surface area contributed by atoms with E-state index in [0.717, 1.165) is 39.0 Å². The van der Waals surface area contributed by atoms with Crippen molar-refractivity contribution in [3.8, 4) is 16.8 Å². The Hall–Kier alpha value is -3.41. The Bertz CT molecular complexity index is 1660. The smallest absolute Gasteiger partial charge is 0.345 e. The van der Waals surface area contributed by atoms with Gasteiger partial charge in [-0.3, -0.25) is 9.79 Å². The van der Waals surface area contributed by atoms with Crippen LogP contribution < -0.4 is 5.56 Å². The van der Waals surface area contributed by atoms with Gasteiger partial charge in [0.1, 0.15) is 11.2 Å². The number of pyridine rings is 1. The highest BCUT2D eigenvalue weighted by atomic mass is 79.9.